The van der Waals surface area contributed by atoms with Crippen LogP contribution in [0.2, 0.25) is 0 Å². The SMILES string of the molecule is OCc1ncccc1O.[Cl-]. The number of aliphatic hydroxyl groups is 1. The molecular formula is C6H7ClNO2-. The van der Waals surface area contributed by atoms with Crippen LogP contribution in [0.1, 0.15) is 5.69 Å². The van der Waals surface area contributed by atoms with E-state index in [4.69, 9.17) is 10.2 Å². The van der Waals surface area contributed by atoms with Crippen LogP contribution in [-0.4, -0.2) is 15.2 Å². The quantitative estimate of drug-likeness (QED) is 0.470. The lowest BCUT2D eigenvalue weighted by atomic mass is 10.3. The number of halogens is 1. The zero-order valence-corrected chi connectivity index (χ0v) is 5.91. The molecule has 0 radical (unpaired) electrons. The molecule has 0 unspecified atom stereocenters. The summed E-state index contributed by atoms with van der Waals surface area (Å²) in [6.45, 7) is -0.216. The molecule has 0 aliphatic heterocycles. The van der Waals surface area contributed by atoms with Crippen molar-refractivity contribution in [2.24, 2.45) is 0 Å². The zero-order valence-electron chi connectivity index (χ0n) is 5.16. The van der Waals surface area contributed by atoms with Gasteiger partial charge in [0.1, 0.15) is 11.4 Å². The summed E-state index contributed by atoms with van der Waals surface area (Å²) in [6, 6.07) is 3.09. The summed E-state index contributed by atoms with van der Waals surface area (Å²) in [5, 5.41) is 17.4. The van der Waals surface area contributed by atoms with Crippen molar-refractivity contribution in [3.8, 4) is 5.75 Å². The Morgan fingerprint density at radius 3 is 2.60 bits per heavy atom. The molecule has 1 aromatic rings. The second-order valence-corrected chi connectivity index (χ2v) is 1.63. The number of aromatic nitrogens is 1. The molecule has 0 aromatic carbocycles. The lowest BCUT2D eigenvalue weighted by Crippen LogP contribution is -3.00. The predicted octanol–water partition coefficient (Wildman–Crippen LogP) is -2.72. The van der Waals surface area contributed by atoms with Crippen molar-refractivity contribution in [1.82, 2.24) is 4.98 Å². The molecule has 3 nitrogen and oxygen atoms in total. The van der Waals surface area contributed by atoms with E-state index in [-0.39, 0.29) is 24.8 Å². The molecule has 0 saturated carbocycles. The van der Waals surface area contributed by atoms with Crippen LogP contribution in [0.4, 0.5) is 0 Å². The summed E-state index contributed by atoms with van der Waals surface area (Å²) in [6.07, 6.45) is 1.52. The number of rotatable bonds is 1. The minimum atomic E-state index is -0.216. The highest BCUT2D eigenvalue weighted by atomic mass is 35.5. The van der Waals surface area contributed by atoms with Gasteiger partial charge in [-0.1, -0.05) is 0 Å². The second kappa shape index (κ2) is 4.09. The number of hydrogen-bond acceptors (Lipinski definition) is 3. The highest BCUT2D eigenvalue weighted by molar-refractivity contribution is 5.23. The minimum Gasteiger partial charge on any atom is -1.00 e. The monoisotopic (exact) mass is 160 g/mol. The first-order valence-electron chi connectivity index (χ1n) is 2.58. The fraction of sp³-hybridized carbons (Fsp3) is 0.167. The van der Waals surface area contributed by atoms with E-state index in [2.05, 4.69) is 4.98 Å². The highest BCUT2D eigenvalue weighted by Gasteiger charge is 1.95. The fourth-order valence-electron chi connectivity index (χ4n) is 0.551. The number of aromatic hydroxyl groups is 1. The van der Waals surface area contributed by atoms with Crippen molar-refractivity contribution in [2.75, 3.05) is 0 Å². The molecule has 10 heavy (non-hydrogen) atoms. The molecule has 0 amide bonds. The second-order valence-electron chi connectivity index (χ2n) is 1.63. The normalized spacial score (nSPS) is 8.50. The van der Waals surface area contributed by atoms with Crippen LogP contribution in [0, 0.1) is 0 Å². The Labute approximate surface area is 64.8 Å². The Kier molecular flexibility index (Phi) is 3.76. The highest BCUT2D eigenvalue weighted by Crippen LogP contribution is 2.10. The van der Waals surface area contributed by atoms with E-state index in [0.717, 1.165) is 0 Å². The van der Waals surface area contributed by atoms with Gasteiger partial charge in [-0.15, -0.1) is 0 Å². The topological polar surface area (TPSA) is 53.4 Å². The maximum atomic E-state index is 8.89. The fourth-order valence-corrected chi connectivity index (χ4v) is 0.551. The van der Waals surface area contributed by atoms with Gasteiger partial charge in [-0.25, -0.2) is 0 Å². The van der Waals surface area contributed by atoms with Crippen LogP contribution < -0.4 is 12.4 Å². The summed E-state index contributed by atoms with van der Waals surface area (Å²) in [4.78, 5) is 3.70. The average Bonchev–Trinajstić information content (AvgIpc) is 1.89. The molecule has 56 valence electrons. The van der Waals surface area contributed by atoms with E-state index in [1.807, 2.05) is 0 Å². The van der Waals surface area contributed by atoms with Crippen molar-refractivity contribution >= 4 is 0 Å². The standard InChI is InChI=1S/C6H7NO2.ClH/c8-4-5-6(9)2-1-3-7-5;/h1-3,8-9H,4H2;1H/p-1. The molecule has 0 aliphatic rings. The van der Waals surface area contributed by atoms with Crippen molar-refractivity contribution in [3.05, 3.63) is 24.0 Å². The molecule has 0 atom stereocenters. The van der Waals surface area contributed by atoms with E-state index < -0.39 is 0 Å². The van der Waals surface area contributed by atoms with Crippen molar-refractivity contribution in [3.63, 3.8) is 0 Å². The summed E-state index contributed by atoms with van der Waals surface area (Å²) in [5.41, 5.74) is 0.317. The van der Waals surface area contributed by atoms with Gasteiger partial charge in [0.2, 0.25) is 0 Å². The lowest BCUT2D eigenvalue weighted by Gasteiger charge is -1.95. The first-order valence-corrected chi connectivity index (χ1v) is 2.58. The Bertz CT molecular complexity index is 205. The first kappa shape index (κ1) is 9.20. The third-order valence-corrected chi connectivity index (χ3v) is 1.02. The van der Waals surface area contributed by atoms with E-state index in [0.29, 0.717) is 5.69 Å². The Hall–Kier alpha value is -0.800. The summed E-state index contributed by atoms with van der Waals surface area (Å²) >= 11 is 0. The molecule has 1 heterocycles. The molecule has 4 heteroatoms. The van der Waals surface area contributed by atoms with Crippen LogP contribution in [-0.2, 0) is 6.61 Å². The molecule has 0 bridgehead atoms. The summed E-state index contributed by atoms with van der Waals surface area (Å²) in [5.74, 6) is 0.0417. The van der Waals surface area contributed by atoms with Gasteiger partial charge in [-0.3, -0.25) is 4.98 Å². The van der Waals surface area contributed by atoms with Crippen molar-refractivity contribution in [2.45, 2.75) is 6.61 Å². The lowest BCUT2D eigenvalue weighted by molar-refractivity contribution is -0.00000398. The third-order valence-electron chi connectivity index (χ3n) is 1.02. The largest absolute Gasteiger partial charge is 1.00 e. The zero-order chi connectivity index (χ0) is 6.69. The van der Waals surface area contributed by atoms with Gasteiger partial charge in [0, 0.05) is 6.20 Å². The van der Waals surface area contributed by atoms with Crippen LogP contribution in [0.15, 0.2) is 18.3 Å². The Morgan fingerprint density at radius 1 is 1.50 bits per heavy atom. The van der Waals surface area contributed by atoms with Crippen molar-refractivity contribution in [1.29, 1.82) is 0 Å². The molecule has 0 aliphatic carbocycles. The Morgan fingerprint density at radius 2 is 2.20 bits per heavy atom. The van der Waals surface area contributed by atoms with Gasteiger partial charge in [-0.2, -0.15) is 0 Å². The van der Waals surface area contributed by atoms with Gasteiger partial charge in [0.15, 0.2) is 0 Å². The third kappa shape index (κ3) is 1.86. The first-order chi connectivity index (χ1) is 4.34. The van der Waals surface area contributed by atoms with Gasteiger partial charge in [0.05, 0.1) is 6.61 Å². The molecule has 1 rings (SSSR count). The molecular weight excluding hydrogens is 154 g/mol. The van der Waals surface area contributed by atoms with Gasteiger partial charge < -0.3 is 22.6 Å². The maximum absolute atomic E-state index is 8.89. The summed E-state index contributed by atoms with van der Waals surface area (Å²) < 4.78 is 0. The number of hydrogen-bond donors (Lipinski definition) is 2. The summed E-state index contributed by atoms with van der Waals surface area (Å²) in [7, 11) is 0. The molecule has 0 saturated heterocycles. The van der Waals surface area contributed by atoms with E-state index in [1.54, 1.807) is 6.07 Å². The van der Waals surface area contributed by atoms with E-state index in [9.17, 15) is 0 Å². The van der Waals surface area contributed by atoms with Gasteiger partial charge in [0.25, 0.3) is 0 Å². The smallest absolute Gasteiger partial charge is 0.139 e. The van der Waals surface area contributed by atoms with Crippen LogP contribution in [0.25, 0.3) is 0 Å². The van der Waals surface area contributed by atoms with E-state index in [1.165, 1.54) is 12.3 Å². The number of nitrogens with zero attached hydrogens (tertiary/aromatic N) is 1. The van der Waals surface area contributed by atoms with E-state index >= 15 is 0 Å². The molecule has 2 N–H and O–H groups in total. The van der Waals surface area contributed by atoms with Gasteiger partial charge >= 0.3 is 0 Å². The van der Waals surface area contributed by atoms with Crippen LogP contribution in [0.3, 0.4) is 0 Å². The Balaban J connectivity index is 0.000000810. The molecule has 0 spiro atoms. The van der Waals surface area contributed by atoms with Crippen LogP contribution in [0.5, 0.6) is 5.75 Å². The average molecular weight is 161 g/mol. The number of aliphatic hydroxyl groups excluding tert-OH is 1. The maximum Gasteiger partial charge on any atom is 0.139 e. The van der Waals surface area contributed by atoms with Gasteiger partial charge in [-0.05, 0) is 12.1 Å². The predicted molar refractivity (Wildman–Crippen MR) is 31.8 cm³/mol. The molecule has 1 aromatic heterocycles. The molecule has 0 fully saturated rings. The van der Waals surface area contributed by atoms with Crippen molar-refractivity contribution < 1.29 is 22.6 Å². The minimum absolute atomic E-state index is 0. The van der Waals surface area contributed by atoms with Crippen LogP contribution >= 0.6 is 0 Å². The number of pyridine rings is 1.